The highest BCUT2D eigenvalue weighted by Crippen LogP contribution is 2.13. The molecule has 21 heavy (non-hydrogen) atoms. The molecule has 120 valence electrons. The quantitative estimate of drug-likeness (QED) is 0.751. The summed E-state index contributed by atoms with van der Waals surface area (Å²) in [4.78, 5) is 30.5. The number of likely N-dealkylation sites (N-methyl/N-ethyl adjacent to an activating group) is 1. The standard InChI is InChI=1S/C15H28N4O2/c1-3-17(4-2)12-14(20)18-7-9-19(10-8-18)15(21)13-5-6-16-11-13/h13,16H,3-12H2,1-2H3. The van der Waals surface area contributed by atoms with E-state index >= 15 is 0 Å². The number of carbonyl (C=O) groups excluding carboxylic acids is 2. The number of hydrogen-bond acceptors (Lipinski definition) is 4. The molecule has 2 aliphatic rings. The van der Waals surface area contributed by atoms with Crippen LogP contribution in [0, 0.1) is 5.92 Å². The van der Waals surface area contributed by atoms with E-state index in [9.17, 15) is 9.59 Å². The van der Waals surface area contributed by atoms with Gasteiger partial charge in [0.15, 0.2) is 0 Å². The second-order valence-electron chi connectivity index (χ2n) is 5.86. The topological polar surface area (TPSA) is 55.9 Å². The Hall–Kier alpha value is -1.14. The first kappa shape index (κ1) is 16.2. The molecule has 1 unspecified atom stereocenters. The van der Waals surface area contributed by atoms with Crippen molar-refractivity contribution >= 4 is 11.8 Å². The van der Waals surface area contributed by atoms with Gasteiger partial charge in [0.1, 0.15) is 0 Å². The zero-order valence-electron chi connectivity index (χ0n) is 13.3. The number of rotatable bonds is 5. The molecule has 0 saturated carbocycles. The molecular formula is C15H28N4O2. The fourth-order valence-corrected chi connectivity index (χ4v) is 3.04. The third kappa shape index (κ3) is 4.17. The molecule has 2 amide bonds. The van der Waals surface area contributed by atoms with Gasteiger partial charge < -0.3 is 15.1 Å². The maximum absolute atomic E-state index is 12.3. The van der Waals surface area contributed by atoms with Gasteiger partial charge in [-0.15, -0.1) is 0 Å². The predicted octanol–water partition coefficient (Wildman–Crippen LogP) is -0.391. The van der Waals surface area contributed by atoms with Crippen LogP contribution < -0.4 is 5.32 Å². The van der Waals surface area contributed by atoms with Gasteiger partial charge in [-0.05, 0) is 26.1 Å². The van der Waals surface area contributed by atoms with Gasteiger partial charge in [-0.1, -0.05) is 13.8 Å². The lowest BCUT2D eigenvalue weighted by atomic mass is 10.1. The van der Waals surface area contributed by atoms with Crippen LogP contribution >= 0.6 is 0 Å². The summed E-state index contributed by atoms with van der Waals surface area (Å²) in [6.07, 6.45) is 0.944. The highest BCUT2D eigenvalue weighted by Gasteiger charge is 2.30. The summed E-state index contributed by atoms with van der Waals surface area (Å²) in [5.41, 5.74) is 0. The first-order valence-corrected chi connectivity index (χ1v) is 8.15. The van der Waals surface area contributed by atoms with Crippen molar-refractivity contribution in [1.82, 2.24) is 20.0 Å². The Labute approximate surface area is 127 Å². The van der Waals surface area contributed by atoms with Crippen LogP contribution in [-0.2, 0) is 9.59 Å². The summed E-state index contributed by atoms with van der Waals surface area (Å²) in [5.74, 6) is 0.590. The molecule has 1 atom stereocenters. The monoisotopic (exact) mass is 296 g/mol. The van der Waals surface area contributed by atoms with Crippen molar-refractivity contribution in [3.05, 3.63) is 0 Å². The Balaban J connectivity index is 1.77. The molecule has 2 aliphatic heterocycles. The van der Waals surface area contributed by atoms with E-state index in [4.69, 9.17) is 0 Å². The van der Waals surface area contributed by atoms with Gasteiger partial charge in [0.25, 0.3) is 0 Å². The average Bonchev–Trinajstić information content (AvgIpc) is 3.06. The Morgan fingerprint density at radius 3 is 2.24 bits per heavy atom. The minimum atomic E-state index is 0.142. The van der Waals surface area contributed by atoms with Crippen molar-refractivity contribution in [2.75, 3.05) is 58.9 Å². The van der Waals surface area contributed by atoms with E-state index in [-0.39, 0.29) is 17.7 Å². The van der Waals surface area contributed by atoms with Crippen LogP contribution in [0.2, 0.25) is 0 Å². The fourth-order valence-electron chi connectivity index (χ4n) is 3.04. The van der Waals surface area contributed by atoms with Crippen LogP contribution in [0.4, 0.5) is 0 Å². The molecule has 0 spiro atoms. The lowest BCUT2D eigenvalue weighted by Gasteiger charge is -2.36. The van der Waals surface area contributed by atoms with Crippen molar-refractivity contribution in [2.45, 2.75) is 20.3 Å². The molecular weight excluding hydrogens is 268 g/mol. The predicted molar refractivity (Wildman–Crippen MR) is 81.9 cm³/mol. The van der Waals surface area contributed by atoms with Crippen molar-refractivity contribution < 1.29 is 9.59 Å². The second kappa shape index (κ2) is 7.75. The Kier molecular flexibility index (Phi) is 5.99. The van der Waals surface area contributed by atoms with Gasteiger partial charge >= 0.3 is 0 Å². The second-order valence-corrected chi connectivity index (χ2v) is 5.86. The van der Waals surface area contributed by atoms with Crippen LogP contribution in [0.15, 0.2) is 0 Å². The van der Waals surface area contributed by atoms with E-state index in [0.717, 1.165) is 32.6 Å². The van der Waals surface area contributed by atoms with Gasteiger partial charge in [-0.2, -0.15) is 0 Å². The third-order valence-electron chi connectivity index (χ3n) is 4.61. The van der Waals surface area contributed by atoms with Crippen LogP contribution in [-0.4, -0.2) is 85.4 Å². The van der Waals surface area contributed by atoms with E-state index in [0.29, 0.717) is 32.7 Å². The zero-order chi connectivity index (χ0) is 15.2. The van der Waals surface area contributed by atoms with Gasteiger partial charge in [-0.25, -0.2) is 0 Å². The van der Waals surface area contributed by atoms with Crippen LogP contribution in [0.1, 0.15) is 20.3 Å². The molecule has 2 rings (SSSR count). The van der Waals surface area contributed by atoms with Crippen molar-refractivity contribution in [3.8, 4) is 0 Å². The number of nitrogens with one attached hydrogen (secondary N) is 1. The van der Waals surface area contributed by atoms with Gasteiger partial charge in [0, 0.05) is 32.7 Å². The number of amides is 2. The number of piperazine rings is 1. The Bertz CT molecular complexity index is 357. The zero-order valence-corrected chi connectivity index (χ0v) is 13.3. The van der Waals surface area contributed by atoms with Crippen LogP contribution in [0.5, 0.6) is 0 Å². The smallest absolute Gasteiger partial charge is 0.236 e. The lowest BCUT2D eigenvalue weighted by molar-refractivity contribution is -0.142. The van der Waals surface area contributed by atoms with E-state index in [1.807, 2.05) is 9.80 Å². The molecule has 0 aliphatic carbocycles. The Morgan fingerprint density at radius 1 is 1.10 bits per heavy atom. The van der Waals surface area contributed by atoms with E-state index in [2.05, 4.69) is 24.1 Å². The van der Waals surface area contributed by atoms with Crippen molar-refractivity contribution in [2.24, 2.45) is 5.92 Å². The molecule has 2 heterocycles. The normalized spacial score (nSPS) is 22.9. The summed E-state index contributed by atoms with van der Waals surface area (Å²) in [7, 11) is 0. The maximum Gasteiger partial charge on any atom is 0.236 e. The summed E-state index contributed by atoms with van der Waals surface area (Å²) in [6.45, 7) is 10.9. The summed E-state index contributed by atoms with van der Waals surface area (Å²) in [5, 5.41) is 3.24. The molecule has 1 N–H and O–H groups in total. The van der Waals surface area contributed by atoms with E-state index in [1.165, 1.54) is 0 Å². The fraction of sp³-hybridized carbons (Fsp3) is 0.867. The lowest BCUT2D eigenvalue weighted by Crippen LogP contribution is -2.53. The average molecular weight is 296 g/mol. The number of carbonyl (C=O) groups is 2. The van der Waals surface area contributed by atoms with Gasteiger partial charge in [0.05, 0.1) is 12.5 Å². The third-order valence-corrected chi connectivity index (χ3v) is 4.61. The maximum atomic E-state index is 12.3. The SMILES string of the molecule is CCN(CC)CC(=O)N1CCN(C(=O)C2CCNC2)CC1. The van der Waals surface area contributed by atoms with Crippen molar-refractivity contribution in [1.29, 1.82) is 0 Å². The highest BCUT2D eigenvalue weighted by molar-refractivity contribution is 5.81. The van der Waals surface area contributed by atoms with E-state index in [1.54, 1.807) is 0 Å². The number of hydrogen-bond donors (Lipinski definition) is 1. The highest BCUT2D eigenvalue weighted by atomic mass is 16.2. The molecule has 0 aromatic carbocycles. The molecule has 0 bridgehead atoms. The molecule has 6 nitrogen and oxygen atoms in total. The molecule has 0 aromatic heterocycles. The minimum absolute atomic E-state index is 0.142. The molecule has 6 heteroatoms. The van der Waals surface area contributed by atoms with Gasteiger partial charge in [-0.3, -0.25) is 14.5 Å². The molecule has 0 aromatic rings. The largest absolute Gasteiger partial charge is 0.339 e. The summed E-state index contributed by atoms with van der Waals surface area (Å²) >= 11 is 0. The first-order chi connectivity index (χ1) is 10.2. The van der Waals surface area contributed by atoms with Gasteiger partial charge in [0.2, 0.25) is 11.8 Å². The van der Waals surface area contributed by atoms with Crippen molar-refractivity contribution in [3.63, 3.8) is 0 Å². The molecule has 0 radical (unpaired) electrons. The summed E-state index contributed by atoms with van der Waals surface area (Å²) < 4.78 is 0. The first-order valence-electron chi connectivity index (χ1n) is 8.15. The summed E-state index contributed by atoms with van der Waals surface area (Å²) in [6, 6.07) is 0. The van der Waals surface area contributed by atoms with E-state index < -0.39 is 0 Å². The van der Waals surface area contributed by atoms with Crippen LogP contribution in [0.3, 0.4) is 0 Å². The van der Waals surface area contributed by atoms with Crippen LogP contribution in [0.25, 0.3) is 0 Å². The number of nitrogens with zero attached hydrogens (tertiary/aromatic N) is 3. The Morgan fingerprint density at radius 2 is 1.71 bits per heavy atom. The minimum Gasteiger partial charge on any atom is -0.339 e. The molecule has 2 fully saturated rings. The molecule has 2 saturated heterocycles.